The third kappa shape index (κ3) is 3.78. The maximum atomic E-state index is 12.8. The summed E-state index contributed by atoms with van der Waals surface area (Å²) in [5.41, 5.74) is 5.90. The average molecular weight is 295 g/mol. The van der Waals surface area contributed by atoms with Crippen molar-refractivity contribution in [1.29, 1.82) is 0 Å². The number of carbonyl (C=O) groups excluding carboxylic acids is 1. The second kappa shape index (κ2) is 7.10. The molecule has 1 aliphatic heterocycles. The molecule has 0 aromatic rings. The summed E-state index contributed by atoms with van der Waals surface area (Å²) < 4.78 is 0. The Labute approximate surface area is 130 Å². The predicted octanol–water partition coefficient (Wildman–Crippen LogP) is 2.08. The summed E-state index contributed by atoms with van der Waals surface area (Å²) in [5.74, 6) is 0.652. The van der Waals surface area contributed by atoms with Gasteiger partial charge in [0.2, 0.25) is 5.91 Å². The summed E-state index contributed by atoms with van der Waals surface area (Å²) in [6, 6.07) is 0.593. The van der Waals surface area contributed by atoms with Gasteiger partial charge >= 0.3 is 0 Å². The van der Waals surface area contributed by atoms with Gasteiger partial charge in [-0.2, -0.15) is 0 Å². The normalized spacial score (nSPS) is 27.8. The summed E-state index contributed by atoms with van der Waals surface area (Å²) >= 11 is 0. The Hall–Kier alpha value is -0.610. The SMILES string of the molecule is CCC(CCN)N1CCN(C(=O)C2CCCC2(C)C)CC1. The van der Waals surface area contributed by atoms with Crippen LogP contribution in [0.25, 0.3) is 0 Å². The molecule has 1 saturated heterocycles. The minimum atomic E-state index is 0.194. The number of hydrogen-bond acceptors (Lipinski definition) is 3. The van der Waals surface area contributed by atoms with Crippen molar-refractivity contribution in [2.45, 2.75) is 58.9 Å². The summed E-state index contributed by atoms with van der Waals surface area (Å²) in [7, 11) is 0. The zero-order chi connectivity index (χ0) is 15.5. The molecule has 0 aromatic heterocycles. The second-order valence-electron chi connectivity index (χ2n) is 7.43. The molecule has 4 heteroatoms. The molecule has 1 amide bonds. The van der Waals surface area contributed by atoms with E-state index in [-0.39, 0.29) is 11.3 Å². The van der Waals surface area contributed by atoms with Crippen LogP contribution in [0, 0.1) is 11.3 Å². The molecule has 2 unspecified atom stereocenters. The van der Waals surface area contributed by atoms with Crippen LogP contribution in [0.1, 0.15) is 52.9 Å². The fraction of sp³-hybridized carbons (Fsp3) is 0.941. The van der Waals surface area contributed by atoms with Crippen LogP contribution in [-0.4, -0.2) is 54.5 Å². The van der Waals surface area contributed by atoms with Gasteiger partial charge in [-0.15, -0.1) is 0 Å². The highest BCUT2D eigenvalue weighted by molar-refractivity contribution is 5.80. The van der Waals surface area contributed by atoms with Crippen molar-refractivity contribution in [2.75, 3.05) is 32.7 Å². The molecular formula is C17H33N3O. The zero-order valence-electron chi connectivity index (χ0n) is 14.1. The van der Waals surface area contributed by atoms with E-state index in [0.717, 1.165) is 52.0 Å². The van der Waals surface area contributed by atoms with Gasteiger partial charge in [-0.25, -0.2) is 0 Å². The van der Waals surface area contributed by atoms with Crippen molar-refractivity contribution < 1.29 is 4.79 Å². The van der Waals surface area contributed by atoms with Crippen molar-refractivity contribution in [3.63, 3.8) is 0 Å². The molecule has 1 aliphatic carbocycles. The molecule has 122 valence electrons. The Morgan fingerprint density at radius 2 is 1.95 bits per heavy atom. The lowest BCUT2D eigenvalue weighted by molar-refractivity contribution is -0.140. The monoisotopic (exact) mass is 295 g/mol. The second-order valence-corrected chi connectivity index (χ2v) is 7.43. The predicted molar refractivity (Wildman–Crippen MR) is 87.0 cm³/mol. The van der Waals surface area contributed by atoms with Crippen LogP contribution in [0.4, 0.5) is 0 Å². The number of amides is 1. The van der Waals surface area contributed by atoms with E-state index in [1.807, 2.05) is 0 Å². The summed E-state index contributed by atoms with van der Waals surface area (Å²) in [6.07, 6.45) is 5.70. The number of nitrogens with two attached hydrogens (primary N) is 1. The van der Waals surface area contributed by atoms with Crippen LogP contribution >= 0.6 is 0 Å². The van der Waals surface area contributed by atoms with Crippen molar-refractivity contribution in [3.05, 3.63) is 0 Å². The van der Waals surface area contributed by atoms with Gasteiger partial charge in [0, 0.05) is 38.1 Å². The van der Waals surface area contributed by atoms with Crippen molar-refractivity contribution >= 4 is 5.91 Å². The van der Waals surface area contributed by atoms with E-state index in [1.54, 1.807) is 0 Å². The topological polar surface area (TPSA) is 49.6 Å². The Morgan fingerprint density at radius 3 is 2.43 bits per heavy atom. The van der Waals surface area contributed by atoms with E-state index in [2.05, 4.69) is 30.6 Å². The third-order valence-electron chi connectivity index (χ3n) is 5.67. The van der Waals surface area contributed by atoms with Crippen LogP contribution in [0.5, 0.6) is 0 Å². The zero-order valence-corrected chi connectivity index (χ0v) is 14.1. The highest BCUT2D eigenvalue weighted by Crippen LogP contribution is 2.43. The Kier molecular flexibility index (Phi) is 5.67. The first-order valence-electron chi connectivity index (χ1n) is 8.72. The van der Waals surface area contributed by atoms with Gasteiger partial charge in [-0.3, -0.25) is 9.69 Å². The molecule has 0 aromatic carbocycles. The van der Waals surface area contributed by atoms with Crippen molar-refractivity contribution in [2.24, 2.45) is 17.1 Å². The molecule has 0 radical (unpaired) electrons. The van der Waals surface area contributed by atoms with Crippen molar-refractivity contribution in [3.8, 4) is 0 Å². The molecular weight excluding hydrogens is 262 g/mol. The first-order valence-corrected chi connectivity index (χ1v) is 8.72. The molecule has 1 saturated carbocycles. The number of hydrogen-bond donors (Lipinski definition) is 1. The summed E-state index contributed by atoms with van der Waals surface area (Å²) in [6.45, 7) is 11.3. The molecule has 2 N–H and O–H groups in total. The highest BCUT2D eigenvalue weighted by Gasteiger charge is 2.41. The quantitative estimate of drug-likeness (QED) is 0.845. The third-order valence-corrected chi connectivity index (χ3v) is 5.67. The minimum Gasteiger partial charge on any atom is -0.340 e. The lowest BCUT2D eigenvalue weighted by Crippen LogP contribution is -2.54. The maximum absolute atomic E-state index is 12.8. The lowest BCUT2D eigenvalue weighted by atomic mass is 9.81. The highest BCUT2D eigenvalue weighted by atomic mass is 16.2. The van der Waals surface area contributed by atoms with E-state index in [9.17, 15) is 4.79 Å². The molecule has 21 heavy (non-hydrogen) atoms. The van der Waals surface area contributed by atoms with Crippen LogP contribution in [0.3, 0.4) is 0 Å². The average Bonchev–Trinajstić information content (AvgIpc) is 2.83. The van der Waals surface area contributed by atoms with Gasteiger partial charge in [0.05, 0.1) is 0 Å². The van der Waals surface area contributed by atoms with E-state index >= 15 is 0 Å². The van der Waals surface area contributed by atoms with Gasteiger partial charge in [0.1, 0.15) is 0 Å². The maximum Gasteiger partial charge on any atom is 0.226 e. The molecule has 0 bridgehead atoms. The molecule has 2 atom stereocenters. The van der Waals surface area contributed by atoms with E-state index in [1.165, 1.54) is 12.8 Å². The Morgan fingerprint density at radius 1 is 1.29 bits per heavy atom. The molecule has 4 nitrogen and oxygen atoms in total. The van der Waals surface area contributed by atoms with E-state index in [0.29, 0.717) is 11.9 Å². The number of piperazine rings is 1. The van der Waals surface area contributed by atoms with Gasteiger partial charge in [-0.05, 0) is 37.6 Å². The van der Waals surface area contributed by atoms with Crippen LogP contribution < -0.4 is 5.73 Å². The van der Waals surface area contributed by atoms with Gasteiger partial charge in [-0.1, -0.05) is 27.2 Å². The largest absolute Gasteiger partial charge is 0.340 e. The van der Waals surface area contributed by atoms with Crippen molar-refractivity contribution in [1.82, 2.24) is 9.80 Å². The van der Waals surface area contributed by atoms with Gasteiger partial charge < -0.3 is 10.6 Å². The summed E-state index contributed by atoms with van der Waals surface area (Å²) in [4.78, 5) is 17.4. The minimum absolute atomic E-state index is 0.194. The van der Waals surface area contributed by atoms with Crippen LogP contribution in [-0.2, 0) is 4.79 Å². The molecule has 2 fully saturated rings. The number of carbonyl (C=O) groups is 1. The smallest absolute Gasteiger partial charge is 0.226 e. The fourth-order valence-electron chi connectivity index (χ4n) is 4.15. The molecule has 2 aliphatic rings. The Bertz CT molecular complexity index is 348. The molecule has 1 heterocycles. The van der Waals surface area contributed by atoms with E-state index < -0.39 is 0 Å². The first-order chi connectivity index (χ1) is 9.99. The van der Waals surface area contributed by atoms with E-state index in [4.69, 9.17) is 5.73 Å². The lowest BCUT2D eigenvalue weighted by Gasteiger charge is -2.41. The standard InChI is InChI=1S/C17H33N3O/c1-4-14(7-9-18)19-10-12-20(13-11-19)16(21)15-6-5-8-17(15,2)3/h14-15H,4-13,18H2,1-3H3. The first kappa shape index (κ1) is 16.8. The van der Waals surface area contributed by atoms with Gasteiger partial charge in [0.15, 0.2) is 0 Å². The summed E-state index contributed by atoms with van der Waals surface area (Å²) in [5, 5.41) is 0. The molecule has 0 spiro atoms. The molecule has 2 rings (SSSR count). The fourth-order valence-corrected chi connectivity index (χ4v) is 4.15. The Balaban J connectivity index is 1.87. The van der Waals surface area contributed by atoms with Crippen LogP contribution in [0.2, 0.25) is 0 Å². The van der Waals surface area contributed by atoms with Crippen LogP contribution in [0.15, 0.2) is 0 Å². The number of nitrogens with zero attached hydrogens (tertiary/aromatic N) is 2. The number of rotatable bonds is 5. The van der Waals surface area contributed by atoms with Gasteiger partial charge in [0.25, 0.3) is 0 Å².